The second-order valence-electron chi connectivity index (χ2n) is 8.19. The van der Waals surface area contributed by atoms with Gasteiger partial charge in [0, 0.05) is 37.2 Å². The molecule has 4 rings (SSSR count). The van der Waals surface area contributed by atoms with Gasteiger partial charge in [-0.1, -0.05) is 13.0 Å². The fraction of sp³-hybridized carbons (Fsp3) is 0.500. The van der Waals surface area contributed by atoms with Gasteiger partial charge in [-0.3, -0.25) is 24.5 Å². The van der Waals surface area contributed by atoms with E-state index in [1.165, 1.54) is 4.90 Å². The summed E-state index contributed by atoms with van der Waals surface area (Å²) >= 11 is 0. The molecule has 0 aliphatic carbocycles. The van der Waals surface area contributed by atoms with Crippen molar-refractivity contribution >= 4 is 23.6 Å². The minimum absolute atomic E-state index is 0.0464. The predicted octanol–water partition coefficient (Wildman–Crippen LogP) is 0.177. The van der Waals surface area contributed by atoms with E-state index in [0.717, 1.165) is 25.1 Å². The van der Waals surface area contributed by atoms with Gasteiger partial charge in [0.15, 0.2) is 0 Å². The number of nitrogens with one attached hydrogen (secondary N) is 3. The average molecular weight is 384 g/mol. The van der Waals surface area contributed by atoms with Crippen molar-refractivity contribution in [1.82, 2.24) is 20.9 Å². The molecule has 3 N–H and O–H groups in total. The molecule has 148 valence electrons. The van der Waals surface area contributed by atoms with Crippen molar-refractivity contribution in [3.63, 3.8) is 0 Å². The van der Waals surface area contributed by atoms with Gasteiger partial charge in [0.2, 0.25) is 11.8 Å². The fourth-order valence-electron chi connectivity index (χ4n) is 4.11. The SMILES string of the molecule is CC1(CNC(=O)c2ccc3c(c2)C(=O)N(C2CCC(=O)NC2=O)C3)CCNC1. The molecule has 3 aliphatic rings. The molecule has 2 saturated heterocycles. The second kappa shape index (κ2) is 7.01. The van der Waals surface area contributed by atoms with Crippen molar-refractivity contribution in [1.29, 1.82) is 0 Å². The van der Waals surface area contributed by atoms with E-state index in [9.17, 15) is 19.2 Å². The quantitative estimate of drug-likeness (QED) is 0.642. The molecular weight excluding hydrogens is 360 g/mol. The molecule has 0 spiro atoms. The second-order valence-corrected chi connectivity index (χ2v) is 8.19. The van der Waals surface area contributed by atoms with Gasteiger partial charge in [-0.2, -0.15) is 0 Å². The molecule has 3 heterocycles. The van der Waals surface area contributed by atoms with Gasteiger partial charge in [0.25, 0.3) is 11.8 Å². The van der Waals surface area contributed by atoms with E-state index in [2.05, 4.69) is 22.9 Å². The molecule has 1 aromatic rings. The Morgan fingerprint density at radius 2 is 2.14 bits per heavy atom. The Morgan fingerprint density at radius 3 is 2.86 bits per heavy atom. The Hall–Kier alpha value is -2.74. The van der Waals surface area contributed by atoms with Gasteiger partial charge in [-0.15, -0.1) is 0 Å². The summed E-state index contributed by atoms with van der Waals surface area (Å²) in [6.45, 7) is 4.85. The summed E-state index contributed by atoms with van der Waals surface area (Å²) in [5, 5.41) is 8.56. The zero-order valence-electron chi connectivity index (χ0n) is 15.8. The number of nitrogens with zero attached hydrogens (tertiary/aromatic N) is 1. The highest BCUT2D eigenvalue weighted by Gasteiger charge is 2.39. The minimum atomic E-state index is -0.648. The molecule has 0 saturated carbocycles. The number of hydrogen-bond acceptors (Lipinski definition) is 5. The first-order valence-electron chi connectivity index (χ1n) is 9.63. The summed E-state index contributed by atoms with van der Waals surface area (Å²) in [6.07, 6.45) is 1.55. The van der Waals surface area contributed by atoms with Crippen LogP contribution < -0.4 is 16.0 Å². The summed E-state index contributed by atoms with van der Waals surface area (Å²) in [4.78, 5) is 50.3. The van der Waals surface area contributed by atoms with Crippen LogP contribution in [0, 0.1) is 5.41 Å². The number of carbonyl (C=O) groups is 4. The number of imide groups is 1. The number of benzene rings is 1. The Kier molecular flexibility index (Phi) is 4.66. The van der Waals surface area contributed by atoms with Crippen molar-refractivity contribution in [2.45, 2.75) is 38.8 Å². The van der Waals surface area contributed by atoms with Gasteiger partial charge < -0.3 is 15.5 Å². The Bertz CT molecular complexity index is 860. The largest absolute Gasteiger partial charge is 0.351 e. The van der Waals surface area contributed by atoms with Crippen LogP contribution in [0.4, 0.5) is 0 Å². The molecule has 1 aromatic carbocycles. The van der Waals surface area contributed by atoms with Crippen LogP contribution in [-0.4, -0.2) is 54.2 Å². The highest BCUT2D eigenvalue weighted by Crippen LogP contribution is 2.28. The van der Waals surface area contributed by atoms with E-state index in [1.807, 2.05) is 0 Å². The molecule has 2 fully saturated rings. The van der Waals surface area contributed by atoms with Crippen LogP contribution >= 0.6 is 0 Å². The number of hydrogen-bond donors (Lipinski definition) is 3. The highest BCUT2D eigenvalue weighted by atomic mass is 16.2. The third-order valence-corrected chi connectivity index (χ3v) is 5.92. The van der Waals surface area contributed by atoms with Gasteiger partial charge >= 0.3 is 0 Å². The van der Waals surface area contributed by atoms with Crippen molar-refractivity contribution in [2.75, 3.05) is 19.6 Å². The molecule has 8 heteroatoms. The first kappa shape index (κ1) is 18.6. The van der Waals surface area contributed by atoms with Crippen LogP contribution in [0.25, 0.3) is 0 Å². The zero-order chi connectivity index (χ0) is 19.9. The van der Waals surface area contributed by atoms with E-state index in [1.54, 1.807) is 18.2 Å². The monoisotopic (exact) mass is 384 g/mol. The maximum Gasteiger partial charge on any atom is 0.255 e. The smallest absolute Gasteiger partial charge is 0.255 e. The van der Waals surface area contributed by atoms with E-state index < -0.39 is 11.9 Å². The third kappa shape index (κ3) is 3.40. The molecule has 4 amide bonds. The summed E-state index contributed by atoms with van der Waals surface area (Å²) in [6, 6.07) is 4.44. The molecule has 28 heavy (non-hydrogen) atoms. The molecule has 8 nitrogen and oxygen atoms in total. The zero-order valence-corrected chi connectivity index (χ0v) is 15.8. The van der Waals surface area contributed by atoms with Crippen molar-refractivity contribution in [3.8, 4) is 0 Å². The topological polar surface area (TPSA) is 108 Å². The normalized spacial score (nSPS) is 27.0. The highest BCUT2D eigenvalue weighted by molar-refractivity contribution is 6.06. The third-order valence-electron chi connectivity index (χ3n) is 5.92. The summed E-state index contributed by atoms with van der Waals surface area (Å²) in [5.74, 6) is -1.22. The molecule has 0 bridgehead atoms. The van der Waals surface area contributed by atoms with Crippen LogP contribution in [0.2, 0.25) is 0 Å². The summed E-state index contributed by atoms with van der Waals surface area (Å²) < 4.78 is 0. The minimum Gasteiger partial charge on any atom is -0.351 e. The van der Waals surface area contributed by atoms with E-state index in [-0.39, 0.29) is 29.6 Å². The standard InChI is InChI=1S/C20H24N4O4/c1-20(6-7-21-10-20)11-22-17(26)12-2-3-13-9-24(19(28)14(13)8-12)15-4-5-16(25)23-18(15)27/h2-3,8,15,21H,4-7,9-11H2,1H3,(H,22,26)(H,23,25,27). The Morgan fingerprint density at radius 1 is 1.32 bits per heavy atom. The van der Waals surface area contributed by atoms with Gasteiger partial charge in [0.05, 0.1) is 0 Å². The molecule has 0 aromatic heterocycles. The van der Waals surface area contributed by atoms with Crippen LogP contribution in [0.3, 0.4) is 0 Å². The maximum atomic E-state index is 12.8. The average Bonchev–Trinajstić information content (AvgIpc) is 3.24. The number of amides is 4. The van der Waals surface area contributed by atoms with Crippen LogP contribution in [0.15, 0.2) is 18.2 Å². The summed E-state index contributed by atoms with van der Waals surface area (Å²) in [5.41, 5.74) is 1.72. The predicted molar refractivity (Wildman–Crippen MR) is 100 cm³/mol. The molecule has 2 atom stereocenters. The molecule has 0 radical (unpaired) electrons. The van der Waals surface area contributed by atoms with Crippen LogP contribution in [-0.2, 0) is 16.1 Å². The molecule has 3 aliphatic heterocycles. The number of piperidine rings is 1. The van der Waals surface area contributed by atoms with Crippen LogP contribution in [0.1, 0.15) is 52.5 Å². The lowest BCUT2D eigenvalue weighted by molar-refractivity contribution is -0.136. The van der Waals surface area contributed by atoms with Gasteiger partial charge in [-0.05, 0) is 42.5 Å². The molecular formula is C20H24N4O4. The first-order valence-corrected chi connectivity index (χ1v) is 9.63. The van der Waals surface area contributed by atoms with Crippen molar-refractivity contribution < 1.29 is 19.2 Å². The Labute approximate surface area is 163 Å². The Balaban J connectivity index is 1.46. The van der Waals surface area contributed by atoms with E-state index in [0.29, 0.717) is 30.6 Å². The van der Waals surface area contributed by atoms with Crippen molar-refractivity contribution in [2.24, 2.45) is 5.41 Å². The van der Waals surface area contributed by atoms with Crippen molar-refractivity contribution in [3.05, 3.63) is 34.9 Å². The van der Waals surface area contributed by atoms with Crippen LogP contribution in [0.5, 0.6) is 0 Å². The molecule has 2 unspecified atom stereocenters. The first-order chi connectivity index (χ1) is 13.4. The maximum absolute atomic E-state index is 12.8. The van der Waals surface area contributed by atoms with E-state index in [4.69, 9.17) is 0 Å². The lowest BCUT2D eigenvalue weighted by Gasteiger charge is -2.29. The number of carbonyl (C=O) groups excluding carboxylic acids is 4. The summed E-state index contributed by atoms with van der Waals surface area (Å²) in [7, 11) is 0. The van der Waals surface area contributed by atoms with Gasteiger partial charge in [0.1, 0.15) is 6.04 Å². The number of rotatable bonds is 4. The fourth-order valence-corrected chi connectivity index (χ4v) is 4.11. The number of fused-ring (bicyclic) bond motifs is 1. The van der Waals surface area contributed by atoms with E-state index >= 15 is 0 Å². The van der Waals surface area contributed by atoms with Gasteiger partial charge in [-0.25, -0.2) is 0 Å². The lowest BCUT2D eigenvalue weighted by atomic mass is 9.90. The lowest BCUT2D eigenvalue weighted by Crippen LogP contribution is -2.52.